The summed E-state index contributed by atoms with van der Waals surface area (Å²) < 4.78 is 13.6. The first-order valence-corrected chi connectivity index (χ1v) is 9.65. The molecule has 4 rings (SSSR count). The third-order valence-electron chi connectivity index (χ3n) is 4.31. The van der Waals surface area contributed by atoms with Crippen LogP contribution in [-0.4, -0.2) is 28.6 Å². The molecule has 2 aromatic carbocycles. The Morgan fingerprint density at radius 3 is 2.75 bits per heavy atom. The van der Waals surface area contributed by atoms with Crippen LogP contribution in [0, 0.1) is 10.1 Å². The van der Waals surface area contributed by atoms with Crippen LogP contribution in [0.4, 0.5) is 5.69 Å². The molecule has 8 nitrogen and oxygen atoms in total. The Kier molecular flexibility index (Phi) is 4.82. The first-order valence-electron chi connectivity index (χ1n) is 8.83. The fourth-order valence-electron chi connectivity index (χ4n) is 3.03. The molecule has 0 saturated heterocycles. The summed E-state index contributed by atoms with van der Waals surface area (Å²) in [6.07, 6.45) is 0.841. The molecule has 0 spiro atoms. The maximum Gasteiger partial charge on any atom is 0.279 e. The van der Waals surface area contributed by atoms with Crippen molar-refractivity contribution >= 4 is 33.1 Å². The number of carbonyl (C=O) groups is 1. The summed E-state index contributed by atoms with van der Waals surface area (Å²) in [4.78, 5) is 28.1. The zero-order valence-electron chi connectivity index (χ0n) is 15.1. The summed E-state index contributed by atoms with van der Waals surface area (Å²) in [5.41, 5.74) is 1.24. The van der Waals surface area contributed by atoms with Crippen molar-refractivity contribution < 1.29 is 19.2 Å². The van der Waals surface area contributed by atoms with Crippen LogP contribution in [0.3, 0.4) is 0 Å². The van der Waals surface area contributed by atoms with Crippen LogP contribution in [0.1, 0.15) is 23.7 Å². The number of rotatable bonds is 4. The van der Waals surface area contributed by atoms with Crippen LogP contribution in [0.15, 0.2) is 41.4 Å². The normalized spacial score (nSPS) is 13.7. The first-order chi connectivity index (χ1) is 13.6. The van der Waals surface area contributed by atoms with Gasteiger partial charge in [-0.15, -0.1) is 0 Å². The lowest BCUT2D eigenvalue weighted by Crippen LogP contribution is -2.17. The van der Waals surface area contributed by atoms with Crippen LogP contribution in [0.2, 0.25) is 0 Å². The highest BCUT2D eigenvalue weighted by atomic mass is 32.1. The number of aromatic nitrogens is 1. The molecule has 1 aromatic heterocycles. The fraction of sp³-hybridized carbons (Fsp3) is 0.263. The third-order valence-corrected chi connectivity index (χ3v) is 5.35. The molecule has 144 valence electrons. The van der Waals surface area contributed by atoms with Crippen LogP contribution >= 0.6 is 11.3 Å². The molecule has 0 atom stereocenters. The van der Waals surface area contributed by atoms with E-state index in [2.05, 4.69) is 4.99 Å². The molecule has 0 unspecified atom stereocenters. The van der Waals surface area contributed by atoms with E-state index in [-0.39, 0.29) is 5.69 Å². The van der Waals surface area contributed by atoms with Crippen LogP contribution in [0.25, 0.3) is 10.2 Å². The average Bonchev–Trinajstić information content (AvgIpc) is 3.04. The van der Waals surface area contributed by atoms with Crippen molar-refractivity contribution in [1.82, 2.24) is 4.57 Å². The predicted molar refractivity (Wildman–Crippen MR) is 104 cm³/mol. The highest BCUT2D eigenvalue weighted by molar-refractivity contribution is 7.16. The number of non-ortho nitro benzene ring substituents is 1. The highest BCUT2D eigenvalue weighted by Crippen LogP contribution is 2.31. The second kappa shape index (κ2) is 7.43. The van der Waals surface area contributed by atoms with Gasteiger partial charge >= 0.3 is 0 Å². The number of carbonyl (C=O) groups excluding carboxylic acids is 1. The lowest BCUT2D eigenvalue weighted by molar-refractivity contribution is -0.384. The van der Waals surface area contributed by atoms with E-state index in [9.17, 15) is 14.9 Å². The molecule has 1 aliphatic heterocycles. The molecule has 0 bridgehead atoms. The van der Waals surface area contributed by atoms with Crippen molar-refractivity contribution in [3.63, 3.8) is 0 Å². The molecule has 28 heavy (non-hydrogen) atoms. The van der Waals surface area contributed by atoms with Gasteiger partial charge in [-0.05, 0) is 30.7 Å². The van der Waals surface area contributed by atoms with E-state index < -0.39 is 10.8 Å². The molecule has 3 aromatic rings. The minimum absolute atomic E-state index is 0.0158. The minimum Gasteiger partial charge on any atom is -0.486 e. The smallest absolute Gasteiger partial charge is 0.279 e. The summed E-state index contributed by atoms with van der Waals surface area (Å²) in [6.45, 7) is 3.60. The Balaban J connectivity index is 1.78. The van der Waals surface area contributed by atoms with Gasteiger partial charge in [0.1, 0.15) is 13.2 Å². The number of nitrogens with zero attached hydrogens (tertiary/aromatic N) is 3. The van der Waals surface area contributed by atoms with E-state index in [0.29, 0.717) is 41.6 Å². The van der Waals surface area contributed by atoms with Crippen molar-refractivity contribution in [2.75, 3.05) is 13.2 Å². The number of aryl methyl sites for hydroxylation is 1. The number of amides is 1. The number of nitro groups is 1. The Hall–Kier alpha value is -3.20. The molecule has 1 amide bonds. The van der Waals surface area contributed by atoms with Crippen molar-refractivity contribution in [2.45, 2.75) is 19.9 Å². The third kappa shape index (κ3) is 3.36. The number of fused-ring (bicyclic) bond motifs is 2. The molecule has 0 fully saturated rings. The van der Waals surface area contributed by atoms with Crippen molar-refractivity contribution in [3.8, 4) is 11.5 Å². The van der Waals surface area contributed by atoms with Gasteiger partial charge in [0.05, 0.1) is 15.1 Å². The maximum absolute atomic E-state index is 12.7. The highest BCUT2D eigenvalue weighted by Gasteiger charge is 2.16. The molecule has 0 aliphatic carbocycles. The molecule has 9 heteroatoms. The quantitative estimate of drug-likeness (QED) is 0.494. The Labute approximate surface area is 163 Å². The predicted octanol–water partition coefficient (Wildman–Crippen LogP) is 3.53. The van der Waals surface area contributed by atoms with Crippen LogP contribution in [-0.2, 0) is 6.54 Å². The zero-order valence-corrected chi connectivity index (χ0v) is 15.9. The maximum atomic E-state index is 12.7. The average molecular weight is 399 g/mol. The molecule has 0 N–H and O–H groups in total. The van der Waals surface area contributed by atoms with Gasteiger partial charge in [0.25, 0.3) is 11.6 Å². The number of nitro benzene ring substituents is 1. The van der Waals surface area contributed by atoms with E-state index in [1.807, 2.05) is 11.5 Å². The van der Waals surface area contributed by atoms with Gasteiger partial charge in [0.15, 0.2) is 16.3 Å². The SMILES string of the molecule is CCCn1c(=NC(=O)c2ccc3c(c2)OCCO3)sc2cc([N+](=O)[O-])ccc21. The number of benzene rings is 2. The van der Waals surface area contributed by atoms with E-state index >= 15 is 0 Å². The van der Waals surface area contributed by atoms with Gasteiger partial charge in [-0.25, -0.2) is 0 Å². The van der Waals surface area contributed by atoms with Crippen molar-refractivity contribution in [1.29, 1.82) is 0 Å². The summed E-state index contributed by atoms with van der Waals surface area (Å²) in [5.74, 6) is 0.738. The lowest BCUT2D eigenvalue weighted by Gasteiger charge is -2.18. The summed E-state index contributed by atoms with van der Waals surface area (Å²) in [6, 6.07) is 9.66. The van der Waals surface area contributed by atoms with Gasteiger partial charge in [-0.1, -0.05) is 18.3 Å². The standard InChI is InChI=1S/C19H17N3O5S/c1-2-7-21-14-5-4-13(22(24)25)11-17(14)28-19(21)20-18(23)12-3-6-15-16(10-12)27-9-8-26-15/h3-6,10-11H,2,7-9H2,1H3. The van der Waals surface area contributed by atoms with Crippen molar-refractivity contribution in [3.05, 3.63) is 56.9 Å². The molecular formula is C19H17N3O5S. The monoisotopic (exact) mass is 399 g/mol. The Bertz CT molecular complexity index is 1150. The van der Waals surface area contributed by atoms with Crippen molar-refractivity contribution in [2.24, 2.45) is 4.99 Å². The van der Waals surface area contributed by atoms with Gasteiger partial charge in [0.2, 0.25) is 0 Å². The Morgan fingerprint density at radius 1 is 1.21 bits per heavy atom. The molecule has 0 saturated carbocycles. The second-order valence-electron chi connectivity index (χ2n) is 6.22. The molecule has 0 radical (unpaired) electrons. The van der Waals surface area contributed by atoms with E-state index in [4.69, 9.17) is 9.47 Å². The van der Waals surface area contributed by atoms with E-state index in [1.54, 1.807) is 24.3 Å². The number of ether oxygens (including phenoxy) is 2. The topological polar surface area (TPSA) is 96.0 Å². The number of thiazole rings is 1. The van der Waals surface area contributed by atoms with Gasteiger partial charge in [-0.3, -0.25) is 14.9 Å². The molecular weight excluding hydrogens is 382 g/mol. The number of hydrogen-bond acceptors (Lipinski definition) is 6. The second-order valence-corrected chi connectivity index (χ2v) is 7.23. The van der Waals surface area contributed by atoms with Gasteiger partial charge in [-0.2, -0.15) is 4.99 Å². The van der Waals surface area contributed by atoms with E-state index in [1.165, 1.54) is 23.5 Å². The Morgan fingerprint density at radius 2 is 2.00 bits per heavy atom. The van der Waals surface area contributed by atoms with E-state index in [0.717, 1.165) is 16.6 Å². The minimum atomic E-state index is -0.430. The number of hydrogen-bond donors (Lipinski definition) is 0. The fourth-order valence-corrected chi connectivity index (χ4v) is 4.12. The summed E-state index contributed by atoms with van der Waals surface area (Å²) in [7, 11) is 0. The lowest BCUT2D eigenvalue weighted by atomic mass is 10.2. The van der Waals surface area contributed by atoms with Crippen LogP contribution < -0.4 is 14.3 Å². The van der Waals surface area contributed by atoms with Gasteiger partial charge < -0.3 is 14.0 Å². The first kappa shape index (κ1) is 18.2. The molecule has 2 heterocycles. The molecule has 1 aliphatic rings. The summed E-state index contributed by atoms with van der Waals surface area (Å²) in [5, 5.41) is 11.0. The summed E-state index contributed by atoms with van der Waals surface area (Å²) >= 11 is 1.26. The largest absolute Gasteiger partial charge is 0.486 e. The van der Waals surface area contributed by atoms with Gasteiger partial charge in [0, 0.05) is 24.2 Å². The van der Waals surface area contributed by atoms with Crippen LogP contribution in [0.5, 0.6) is 11.5 Å². The zero-order chi connectivity index (χ0) is 19.7.